The summed E-state index contributed by atoms with van der Waals surface area (Å²) in [6.45, 7) is 2.47. The molecule has 3 rings (SSSR count). The first-order valence-corrected chi connectivity index (χ1v) is 8.51. The van der Waals surface area contributed by atoms with Gasteiger partial charge in [0.2, 0.25) is 5.91 Å². The number of pyridine rings is 2. The predicted octanol–water partition coefficient (Wildman–Crippen LogP) is 2.50. The third kappa shape index (κ3) is 3.78. The lowest BCUT2D eigenvalue weighted by molar-refractivity contribution is -0.125. The molecule has 2 heterocycles. The molecule has 1 amide bonds. The molecule has 5 nitrogen and oxygen atoms in total. The first-order valence-electron chi connectivity index (χ1n) is 8.51. The van der Waals surface area contributed by atoms with Gasteiger partial charge in [-0.3, -0.25) is 20.1 Å². The first-order chi connectivity index (χ1) is 12.6. The summed E-state index contributed by atoms with van der Waals surface area (Å²) < 4.78 is 0. The van der Waals surface area contributed by atoms with Gasteiger partial charge in [0.25, 0.3) is 0 Å². The quantitative estimate of drug-likeness (QED) is 0.689. The van der Waals surface area contributed by atoms with Crippen molar-refractivity contribution in [2.45, 2.75) is 25.4 Å². The van der Waals surface area contributed by atoms with Gasteiger partial charge in [0.05, 0.1) is 0 Å². The van der Waals surface area contributed by atoms with Crippen molar-refractivity contribution in [3.63, 3.8) is 0 Å². The van der Waals surface area contributed by atoms with Gasteiger partial charge in [-0.25, -0.2) is 0 Å². The van der Waals surface area contributed by atoms with Crippen LogP contribution in [0.4, 0.5) is 0 Å². The van der Waals surface area contributed by atoms with Crippen molar-refractivity contribution < 1.29 is 4.79 Å². The molecule has 0 saturated heterocycles. The van der Waals surface area contributed by atoms with Crippen molar-refractivity contribution in [3.05, 3.63) is 95.6 Å². The van der Waals surface area contributed by atoms with Crippen LogP contribution in [0.3, 0.4) is 0 Å². The lowest BCUT2D eigenvalue weighted by Crippen LogP contribution is -2.54. The molecule has 0 aliphatic carbocycles. The molecule has 132 valence electrons. The molecule has 0 spiro atoms. The van der Waals surface area contributed by atoms with E-state index in [1.165, 1.54) is 0 Å². The number of carbonyl (C=O) groups excluding carboxylic acids is 1. The van der Waals surface area contributed by atoms with Crippen LogP contribution in [-0.2, 0) is 23.3 Å². The second-order valence-electron chi connectivity index (χ2n) is 6.33. The van der Waals surface area contributed by atoms with Gasteiger partial charge in [0.15, 0.2) is 0 Å². The predicted molar refractivity (Wildman–Crippen MR) is 101 cm³/mol. The van der Waals surface area contributed by atoms with E-state index in [1.54, 1.807) is 24.8 Å². The fourth-order valence-corrected chi connectivity index (χ4v) is 3.17. The minimum absolute atomic E-state index is 0.410. The number of carbonyl (C=O) groups is 1. The van der Waals surface area contributed by atoms with E-state index in [4.69, 9.17) is 5.73 Å². The van der Waals surface area contributed by atoms with E-state index in [-0.39, 0.29) is 0 Å². The minimum atomic E-state index is -1.03. The summed E-state index contributed by atoms with van der Waals surface area (Å²) in [5, 5.41) is 3.42. The zero-order chi connectivity index (χ0) is 18.4. The molecule has 1 atom stereocenters. The van der Waals surface area contributed by atoms with E-state index < -0.39 is 11.4 Å². The van der Waals surface area contributed by atoms with E-state index in [2.05, 4.69) is 15.3 Å². The highest BCUT2D eigenvalue weighted by Gasteiger charge is 2.39. The van der Waals surface area contributed by atoms with Crippen molar-refractivity contribution in [2.75, 3.05) is 0 Å². The molecule has 1 aromatic carbocycles. The van der Waals surface area contributed by atoms with Crippen LogP contribution in [0.1, 0.15) is 22.3 Å². The number of benzene rings is 1. The monoisotopic (exact) mass is 346 g/mol. The smallest absolute Gasteiger partial charge is 0.242 e. The average Bonchev–Trinajstić information content (AvgIpc) is 2.67. The standard InChI is InChI=1S/C21H22N4O/c1-16-5-2-3-7-19(16)21(20(22)26,13-17-8-11-23-12-9-17)25-15-18-6-4-10-24-14-18/h2-12,14,25H,13,15H2,1H3,(H2,22,26). The van der Waals surface area contributed by atoms with E-state index in [0.29, 0.717) is 13.0 Å². The number of nitrogens with zero attached hydrogens (tertiary/aromatic N) is 2. The molecule has 0 aliphatic heterocycles. The van der Waals surface area contributed by atoms with Crippen LogP contribution in [0.5, 0.6) is 0 Å². The highest BCUT2D eigenvalue weighted by Crippen LogP contribution is 2.29. The Labute approximate surface area is 153 Å². The fraction of sp³-hybridized carbons (Fsp3) is 0.190. The highest BCUT2D eigenvalue weighted by atomic mass is 16.1. The Hall–Kier alpha value is -3.05. The molecule has 0 fully saturated rings. The fourth-order valence-electron chi connectivity index (χ4n) is 3.17. The van der Waals surface area contributed by atoms with Crippen LogP contribution in [-0.4, -0.2) is 15.9 Å². The SMILES string of the molecule is Cc1ccccc1C(Cc1ccncc1)(NCc1cccnc1)C(N)=O. The third-order valence-electron chi connectivity index (χ3n) is 4.56. The van der Waals surface area contributed by atoms with Crippen molar-refractivity contribution >= 4 is 5.91 Å². The molecule has 0 bridgehead atoms. The van der Waals surface area contributed by atoms with Crippen molar-refractivity contribution in [2.24, 2.45) is 5.73 Å². The van der Waals surface area contributed by atoms with Crippen molar-refractivity contribution in [3.8, 4) is 0 Å². The number of nitrogens with one attached hydrogen (secondary N) is 1. The van der Waals surface area contributed by atoms with Crippen molar-refractivity contribution in [1.82, 2.24) is 15.3 Å². The number of amides is 1. The van der Waals surface area contributed by atoms with Gasteiger partial charge in [-0.2, -0.15) is 0 Å². The van der Waals surface area contributed by atoms with Gasteiger partial charge in [0.1, 0.15) is 5.54 Å². The van der Waals surface area contributed by atoms with Gasteiger partial charge in [-0.1, -0.05) is 30.3 Å². The molecule has 0 radical (unpaired) electrons. The Morgan fingerprint density at radius 3 is 2.42 bits per heavy atom. The lowest BCUT2D eigenvalue weighted by Gasteiger charge is -2.34. The number of hydrogen-bond acceptors (Lipinski definition) is 4. The number of nitrogens with two attached hydrogens (primary N) is 1. The summed E-state index contributed by atoms with van der Waals surface area (Å²) in [7, 11) is 0. The number of rotatable bonds is 7. The third-order valence-corrected chi connectivity index (χ3v) is 4.56. The molecule has 26 heavy (non-hydrogen) atoms. The largest absolute Gasteiger partial charge is 0.368 e. The van der Waals surface area contributed by atoms with Crippen LogP contribution in [0.2, 0.25) is 0 Å². The topological polar surface area (TPSA) is 80.9 Å². The summed E-state index contributed by atoms with van der Waals surface area (Å²) in [6, 6.07) is 15.5. The number of aryl methyl sites for hydroxylation is 1. The second-order valence-corrected chi connectivity index (χ2v) is 6.33. The van der Waals surface area contributed by atoms with Gasteiger partial charge in [-0.05, 0) is 47.4 Å². The Morgan fingerprint density at radius 1 is 1.00 bits per heavy atom. The lowest BCUT2D eigenvalue weighted by atomic mass is 9.80. The highest BCUT2D eigenvalue weighted by molar-refractivity contribution is 5.87. The maximum Gasteiger partial charge on any atom is 0.242 e. The Bertz CT molecular complexity index is 867. The van der Waals surface area contributed by atoms with E-state index >= 15 is 0 Å². The van der Waals surface area contributed by atoms with Gasteiger partial charge in [0, 0.05) is 37.8 Å². The molecule has 3 N–H and O–H groups in total. The number of hydrogen-bond donors (Lipinski definition) is 2. The van der Waals surface area contributed by atoms with Crippen LogP contribution >= 0.6 is 0 Å². The molecule has 0 aliphatic rings. The van der Waals surface area contributed by atoms with Crippen LogP contribution in [0, 0.1) is 6.92 Å². The maximum atomic E-state index is 12.7. The number of primary amides is 1. The normalized spacial score (nSPS) is 13.1. The maximum absolute atomic E-state index is 12.7. The summed E-state index contributed by atoms with van der Waals surface area (Å²) in [6.07, 6.45) is 7.39. The second kappa shape index (κ2) is 7.89. The first kappa shape index (κ1) is 17.8. The summed E-state index contributed by atoms with van der Waals surface area (Å²) in [5.41, 5.74) is 8.80. The van der Waals surface area contributed by atoms with E-state index in [1.807, 2.05) is 55.5 Å². The van der Waals surface area contributed by atoms with E-state index in [0.717, 1.165) is 22.3 Å². The summed E-state index contributed by atoms with van der Waals surface area (Å²) in [4.78, 5) is 20.9. The summed E-state index contributed by atoms with van der Waals surface area (Å²) >= 11 is 0. The van der Waals surface area contributed by atoms with Crippen LogP contribution in [0.25, 0.3) is 0 Å². The van der Waals surface area contributed by atoms with E-state index in [9.17, 15) is 4.79 Å². The average molecular weight is 346 g/mol. The van der Waals surface area contributed by atoms with Crippen molar-refractivity contribution in [1.29, 1.82) is 0 Å². The molecule has 3 aromatic rings. The zero-order valence-electron chi connectivity index (χ0n) is 14.7. The van der Waals surface area contributed by atoms with Crippen LogP contribution in [0.15, 0.2) is 73.3 Å². The molecule has 1 unspecified atom stereocenters. The Kier molecular flexibility index (Phi) is 5.39. The molecular weight excluding hydrogens is 324 g/mol. The molecular formula is C21H22N4O. The summed E-state index contributed by atoms with van der Waals surface area (Å²) in [5.74, 6) is -0.410. The zero-order valence-corrected chi connectivity index (χ0v) is 14.7. The molecule has 5 heteroatoms. The Morgan fingerprint density at radius 2 is 1.77 bits per heavy atom. The van der Waals surface area contributed by atoms with Gasteiger partial charge in [-0.15, -0.1) is 0 Å². The minimum Gasteiger partial charge on any atom is -0.368 e. The van der Waals surface area contributed by atoms with Gasteiger partial charge < -0.3 is 5.73 Å². The number of aromatic nitrogens is 2. The molecule has 0 saturated carbocycles. The van der Waals surface area contributed by atoms with Gasteiger partial charge >= 0.3 is 0 Å². The van der Waals surface area contributed by atoms with Crippen LogP contribution < -0.4 is 11.1 Å². The molecule has 2 aromatic heterocycles. The Balaban J connectivity index is 2.03.